The van der Waals surface area contributed by atoms with Crippen molar-refractivity contribution in [2.45, 2.75) is 49.8 Å². The number of carbonyl (C=O) groups is 1. The molecule has 0 radical (unpaired) electrons. The highest BCUT2D eigenvalue weighted by Gasteiger charge is 2.70. The van der Waals surface area contributed by atoms with Gasteiger partial charge in [0.1, 0.15) is 6.61 Å². The van der Waals surface area contributed by atoms with Gasteiger partial charge in [0.15, 0.2) is 17.6 Å². The van der Waals surface area contributed by atoms with Crippen molar-refractivity contribution in [1.82, 2.24) is 26.2 Å². The molecule has 3 fully saturated rings. The second kappa shape index (κ2) is 5.38. The molecule has 0 aromatic heterocycles. The third kappa shape index (κ3) is 2.31. The lowest BCUT2D eigenvalue weighted by Gasteiger charge is -2.51. The molecule has 2 unspecified atom stereocenters. The minimum Gasteiger partial charge on any atom is -0.447 e. The summed E-state index contributed by atoms with van der Waals surface area (Å²) in [6.07, 6.45) is -0.571. The molecule has 3 aliphatic heterocycles. The van der Waals surface area contributed by atoms with Crippen LogP contribution >= 0.6 is 0 Å². The van der Waals surface area contributed by atoms with Gasteiger partial charge in [-0.1, -0.05) is 0 Å². The smallest absolute Gasteiger partial charge is 0.407 e. The molecule has 1 spiro atoms. The number of hydrogen-bond acceptors (Lipinski definition) is 6. The normalized spacial score (nSPS) is 33.3. The first-order chi connectivity index (χ1) is 11.2. The van der Waals surface area contributed by atoms with Crippen LogP contribution in [0.1, 0.15) is 20.3 Å². The van der Waals surface area contributed by atoms with Crippen LogP contribution in [0.25, 0.3) is 0 Å². The van der Waals surface area contributed by atoms with Crippen molar-refractivity contribution in [2.24, 2.45) is 0 Å². The predicted octanol–water partition coefficient (Wildman–Crippen LogP) is -2.39. The number of amides is 1. The van der Waals surface area contributed by atoms with Crippen molar-refractivity contribution in [2.75, 3.05) is 13.2 Å². The van der Waals surface area contributed by atoms with Gasteiger partial charge in [-0.25, -0.2) is 4.79 Å². The van der Waals surface area contributed by atoms with E-state index in [1.54, 1.807) is 13.8 Å². The third-order valence-electron chi connectivity index (χ3n) is 4.58. The summed E-state index contributed by atoms with van der Waals surface area (Å²) in [5.41, 5.74) is -1.45. The number of alkyl carbamates (subject to hydrolysis) is 1. The largest absolute Gasteiger partial charge is 0.447 e. The van der Waals surface area contributed by atoms with Crippen LogP contribution in [0.5, 0.6) is 0 Å². The van der Waals surface area contributed by atoms with Gasteiger partial charge < -0.3 is 41.1 Å². The molecule has 0 aromatic rings. The molecule has 3 saturated heterocycles. The van der Waals surface area contributed by atoms with Crippen LogP contribution in [0.3, 0.4) is 0 Å². The van der Waals surface area contributed by atoms with Crippen molar-refractivity contribution >= 4 is 18.0 Å². The molecule has 3 heterocycles. The number of nitrogens with zero attached hydrogens (tertiary/aromatic N) is 1. The average molecular weight is 341 g/mol. The summed E-state index contributed by atoms with van der Waals surface area (Å²) < 4.78 is 5.17. The molecule has 1 amide bonds. The molecule has 8 N–H and O–H groups in total. The van der Waals surface area contributed by atoms with Crippen LogP contribution in [-0.2, 0) is 4.74 Å². The van der Waals surface area contributed by atoms with E-state index in [4.69, 9.17) is 15.6 Å². The Bertz CT molecular complexity index is 581. The molecule has 0 bridgehead atoms. The second-order valence-electron chi connectivity index (χ2n) is 6.60. The number of aliphatic hydroxyl groups is 2. The topological polar surface area (TPSA) is 166 Å². The van der Waals surface area contributed by atoms with E-state index in [9.17, 15) is 15.0 Å². The van der Waals surface area contributed by atoms with Gasteiger partial charge in [-0.15, -0.1) is 0 Å². The maximum Gasteiger partial charge on any atom is 0.407 e. The molecule has 0 aromatic carbocycles. The van der Waals surface area contributed by atoms with Crippen molar-refractivity contribution < 1.29 is 19.7 Å². The van der Waals surface area contributed by atoms with Gasteiger partial charge in [-0.3, -0.25) is 10.8 Å². The Balaban J connectivity index is 1.81. The van der Waals surface area contributed by atoms with Crippen LogP contribution in [0.4, 0.5) is 4.79 Å². The summed E-state index contributed by atoms with van der Waals surface area (Å²) in [6, 6.07) is -1.36. The van der Waals surface area contributed by atoms with Crippen LogP contribution in [0.2, 0.25) is 0 Å². The van der Waals surface area contributed by atoms with Gasteiger partial charge in [0, 0.05) is 19.0 Å². The molecule has 24 heavy (non-hydrogen) atoms. The van der Waals surface area contributed by atoms with Crippen molar-refractivity contribution in [3.63, 3.8) is 0 Å². The van der Waals surface area contributed by atoms with Crippen molar-refractivity contribution in [1.29, 1.82) is 10.8 Å². The first-order valence-electron chi connectivity index (χ1n) is 7.81. The summed E-state index contributed by atoms with van der Waals surface area (Å²) in [7, 11) is 0. The van der Waals surface area contributed by atoms with Gasteiger partial charge in [-0.05, 0) is 13.8 Å². The molecule has 3 atom stereocenters. The van der Waals surface area contributed by atoms with Crippen LogP contribution in [0, 0.1) is 10.8 Å². The number of carbonyl (C=O) groups excluding carboxylic acids is 1. The van der Waals surface area contributed by atoms with E-state index in [0.717, 1.165) is 0 Å². The standard InChI is InChI=1S/C13H23N7O4/c1-6(2)16-11(21)24-5-7-8-13(19-9(14)18-8)12(22,23)3-4-20(13)10(15)17-7/h6-8,22-23H,3-5H2,1-2H3,(H2,15,17)(H,16,21)(H3,14,18,19)/t7-,8?,13?/m0/s1. The second-order valence-corrected chi connectivity index (χ2v) is 6.60. The van der Waals surface area contributed by atoms with E-state index < -0.39 is 29.6 Å². The molecule has 11 nitrogen and oxygen atoms in total. The molecule has 0 saturated carbocycles. The Labute approximate surface area is 138 Å². The highest BCUT2D eigenvalue weighted by Crippen LogP contribution is 2.42. The van der Waals surface area contributed by atoms with E-state index in [-0.39, 0.29) is 37.5 Å². The maximum atomic E-state index is 11.7. The highest BCUT2D eigenvalue weighted by molar-refractivity contribution is 5.87. The summed E-state index contributed by atoms with van der Waals surface area (Å²) in [5, 5.41) is 48.0. The fourth-order valence-corrected chi connectivity index (χ4v) is 3.60. The van der Waals surface area contributed by atoms with Crippen LogP contribution < -0.4 is 21.3 Å². The number of guanidine groups is 2. The van der Waals surface area contributed by atoms with Crippen LogP contribution in [-0.4, -0.2) is 75.9 Å². The zero-order valence-electron chi connectivity index (χ0n) is 13.5. The van der Waals surface area contributed by atoms with E-state index in [1.807, 2.05) is 0 Å². The van der Waals surface area contributed by atoms with Gasteiger partial charge in [0.05, 0.1) is 12.1 Å². The van der Waals surface area contributed by atoms with Crippen LogP contribution in [0.15, 0.2) is 0 Å². The van der Waals surface area contributed by atoms with Gasteiger partial charge in [0.25, 0.3) is 0 Å². The zero-order valence-corrected chi connectivity index (χ0v) is 13.5. The van der Waals surface area contributed by atoms with Gasteiger partial charge in [-0.2, -0.15) is 0 Å². The molecular weight excluding hydrogens is 318 g/mol. The van der Waals surface area contributed by atoms with Crippen molar-refractivity contribution in [3.05, 3.63) is 0 Å². The number of hydrogen-bond donors (Lipinski definition) is 8. The molecule has 0 aliphatic carbocycles. The lowest BCUT2D eigenvalue weighted by molar-refractivity contribution is -0.223. The monoisotopic (exact) mass is 341 g/mol. The number of rotatable bonds is 3. The quantitative estimate of drug-likeness (QED) is 0.263. The van der Waals surface area contributed by atoms with Crippen molar-refractivity contribution in [3.8, 4) is 0 Å². The number of ether oxygens (including phenoxy) is 1. The molecule has 11 heteroatoms. The SMILES string of the molecule is CC(C)NC(=O)OC[C@@H]1NC(=N)N2CCC(O)(O)C23NC(=N)NC13. The first kappa shape index (κ1) is 16.6. The molecular formula is C13H23N7O4. The summed E-state index contributed by atoms with van der Waals surface area (Å²) in [5.74, 6) is -2.23. The van der Waals surface area contributed by atoms with E-state index in [1.165, 1.54) is 4.90 Å². The summed E-state index contributed by atoms with van der Waals surface area (Å²) >= 11 is 0. The molecule has 134 valence electrons. The van der Waals surface area contributed by atoms with E-state index in [0.29, 0.717) is 0 Å². The van der Waals surface area contributed by atoms with E-state index in [2.05, 4.69) is 21.3 Å². The lowest BCUT2D eigenvalue weighted by atomic mass is 9.86. The Morgan fingerprint density at radius 1 is 1.46 bits per heavy atom. The minimum atomic E-state index is -2.14. The molecule has 3 aliphatic rings. The Morgan fingerprint density at radius 2 is 2.17 bits per heavy atom. The third-order valence-corrected chi connectivity index (χ3v) is 4.58. The fraction of sp³-hybridized carbons (Fsp3) is 0.769. The Hall–Kier alpha value is -2.27. The maximum absolute atomic E-state index is 11.7. The average Bonchev–Trinajstić information content (AvgIpc) is 2.94. The summed E-state index contributed by atoms with van der Waals surface area (Å²) in [4.78, 5) is 13.2. The lowest BCUT2D eigenvalue weighted by Crippen LogP contribution is -2.80. The number of nitrogens with one attached hydrogen (secondary N) is 6. The minimum absolute atomic E-state index is 0.0157. The Kier molecular flexibility index (Phi) is 3.72. The first-order valence-corrected chi connectivity index (χ1v) is 7.81. The highest BCUT2D eigenvalue weighted by atomic mass is 16.5. The fourth-order valence-electron chi connectivity index (χ4n) is 3.60. The van der Waals surface area contributed by atoms with E-state index >= 15 is 0 Å². The van der Waals surface area contributed by atoms with Gasteiger partial charge in [0.2, 0.25) is 5.79 Å². The summed E-state index contributed by atoms with van der Waals surface area (Å²) in [6.45, 7) is 3.76. The zero-order chi connectivity index (χ0) is 17.7. The van der Waals surface area contributed by atoms with Gasteiger partial charge >= 0.3 is 6.09 Å². The molecule has 3 rings (SSSR count). The Morgan fingerprint density at radius 3 is 2.83 bits per heavy atom. The predicted molar refractivity (Wildman–Crippen MR) is 83.3 cm³/mol.